The number of carbonyl (C=O) groups excluding carboxylic acids is 1. The van der Waals surface area contributed by atoms with Gasteiger partial charge in [0.2, 0.25) is 0 Å². The number of benzene rings is 3. The molecule has 0 saturated carbocycles. The Kier molecular flexibility index (Phi) is 7.13. The Morgan fingerprint density at radius 3 is 2.03 bits per heavy atom. The fourth-order valence-corrected chi connectivity index (χ4v) is 4.42. The van der Waals surface area contributed by atoms with Gasteiger partial charge in [-0.05, 0) is 61.0 Å². The van der Waals surface area contributed by atoms with Crippen LogP contribution in [-0.2, 0) is 10.0 Å². The van der Waals surface area contributed by atoms with Crippen LogP contribution in [0.2, 0.25) is 0 Å². The SMILES string of the molecule is COc1ccc(C)cc1NC(=O)c1ccc(N(C)S(=O)(=O)c2ccc(OC)c(OC)c2)cc1. The Labute approximate surface area is 193 Å². The highest BCUT2D eigenvalue weighted by atomic mass is 32.2. The molecule has 3 rings (SSSR count). The van der Waals surface area contributed by atoms with Gasteiger partial charge in [0.1, 0.15) is 5.75 Å². The maximum absolute atomic E-state index is 13.1. The maximum Gasteiger partial charge on any atom is 0.264 e. The summed E-state index contributed by atoms with van der Waals surface area (Å²) in [4.78, 5) is 12.8. The number of hydrogen-bond donors (Lipinski definition) is 1. The minimum atomic E-state index is -3.86. The molecule has 0 bridgehead atoms. The van der Waals surface area contributed by atoms with Gasteiger partial charge in [0.15, 0.2) is 11.5 Å². The van der Waals surface area contributed by atoms with Crippen LogP contribution in [0.4, 0.5) is 11.4 Å². The minimum absolute atomic E-state index is 0.0519. The molecule has 0 spiro atoms. The monoisotopic (exact) mass is 470 g/mol. The number of carbonyl (C=O) groups is 1. The van der Waals surface area contributed by atoms with E-state index in [2.05, 4.69) is 5.32 Å². The first-order chi connectivity index (χ1) is 15.7. The Balaban J connectivity index is 1.82. The number of nitrogens with one attached hydrogen (secondary N) is 1. The Hall–Kier alpha value is -3.72. The molecule has 3 aromatic rings. The molecule has 0 aliphatic rings. The molecule has 33 heavy (non-hydrogen) atoms. The molecule has 0 unspecified atom stereocenters. The van der Waals surface area contributed by atoms with Crippen molar-refractivity contribution in [2.45, 2.75) is 11.8 Å². The summed E-state index contributed by atoms with van der Waals surface area (Å²) in [7, 11) is 2.03. The average molecular weight is 471 g/mol. The number of rotatable bonds is 8. The molecular weight excluding hydrogens is 444 g/mol. The summed E-state index contributed by atoms with van der Waals surface area (Å²) in [6.45, 7) is 1.92. The normalized spacial score (nSPS) is 10.9. The second-order valence-corrected chi connectivity index (χ2v) is 9.16. The highest BCUT2D eigenvalue weighted by molar-refractivity contribution is 7.92. The van der Waals surface area contributed by atoms with Gasteiger partial charge in [0.25, 0.3) is 15.9 Å². The van der Waals surface area contributed by atoms with Crippen LogP contribution in [0.25, 0.3) is 0 Å². The van der Waals surface area contributed by atoms with Gasteiger partial charge in [-0.3, -0.25) is 9.10 Å². The molecule has 0 aliphatic heterocycles. The lowest BCUT2D eigenvalue weighted by Gasteiger charge is -2.20. The first-order valence-electron chi connectivity index (χ1n) is 9.98. The van der Waals surface area contributed by atoms with Crippen LogP contribution in [0, 0.1) is 6.92 Å². The lowest BCUT2D eigenvalue weighted by molar-refractivity contribution is 0.102. The molecule has 0 aliphatic carbocycles. The van der Waals surface area contributed by atoms with E-state index in [1.807, 2.05) is 19.1 Å². The zero-order valence-electron chi connectivity index (χ0n) is 19.1. The van der Waals surface area contributed by atoms with Gasteiger partial charge in [-0.1, -0.05) is 6.07 Å². The van der Waals surface area contributed by atoms with Crippen LogP contribution in [0.1, 0.15) is 15.9 Å². The molecule has 0 saturated heterocycles. The van der Waals surface area contributed by atoms with Gasteiger partial charge in [0, 0.05) is 18.7 Å². The van der Waals surface area contributed by atoms with Crippen molar-refractivity contribution in [1.29, 1.82) is 0 Å². The Morgan fingerprint density at radius 2 is 1.42 bits per heavy atom. The van der Waals surface area contributed by atoms with Crippen molar-refractivity contribution >= 4 is 27.3 Å². The number of amides is 1. The smallest absolute Gasteiger partial charge is 0.264 e. The molecule has 9 heteroatoms. The molecule has 1 N–H and O–H groups in total. The lowest BCUT2D eigenvalue weighted by atomic mass is 10.1. The minimum Gasteiger partial charge on any atom is -0.495 e. The van der Waals surface area contributed by atoms with Gasteiger partial charge in [-0.25, -0.2) is 8.42 Å². The molecule has 0 atom stereocenters. The summed E-state index contributed by atoms with van der Waals surface area (Å²) in [5, 5.41) is 2.83. The van der Waals surface area contributed by atoms with Gasteiger partial charge in [-0.15, -0.1) is 0 Å². The highest BCUT2D eigenvalue weighted by Gasteiger charge is 2.23. The van der Waals surface area contributed by atoms with Gasteiger partial charge >= 0.3 is 0 Å². The van der Waals surface area contributed by atoms with E-state index in [1.54, 1.807) is 30.3 Å². The quantitative estimate of drug-likeness (QED) is 0.533. The van der Waals surface area contributed by atoms with E-state index < -0.39 is 10.0 Å². The highest BCUT2D eigenvalue weighted by Crippen LogP contribution is 2.32. The number of methoxy groups -OCH3 is 3. The molecule has 3 aromatic carbocycles. The van der Waals surface area contributed by atoms with Crippen molar-refractivity contribution in [2.75, 3.05) is 38.0 Å². The van der Waals surface area contributed by atoms with Crippen molar-refractivity contribution in [2.24, 2.45) is 0 Å². The van der Waals surface area contributed by atoms with Crippen LogP contribution in [0.3, 0.4) is 0 Å². The first-order valence-corrected chi connectivity index (χ1v) is 11.4. The summed E-state index contributed by atoms with van der Waals surface area (Å²) in [6, 6.07) is 16.1. The number of ether oxygens (including phenoxy) is 3. The standard InChI is InChI=1S/C24H26N2O6S/c1-16-6-12-21(30-3)20(14-16)25-24(27)17-7-9-18(10-8-17)26(2)33(28,29)19-11-13-22(31-4)23(15-19)32-5/h6-15H,1-5H3,(H,25,27). The third-order valence-electron chi connectivity index (χ3n) is 5.11. The van der Waals surface area contributed by atoms with Gasteiger partial charge in [-0.2, -0.15) is 0 Å². The second kappa shape index (κ2) is 9.83. The topological polar surface area (TPSA) is 94.2 Å². The molecule has 0 fully saturated rings. The predicted octanol–water partition coefficient (Wildman–Crippen LogP) is 4.10. The zero-order valence-corrected chi connectivity index (χ0v) is 19.9. The largest absolute Gasteiger partial charge is 0.495 e. The van der Waals surface area contributed by atoms with Crippen LogP contribution < -0.4 is 23.8 Å². The molecule has 1 amide bonds. The fourth-order valence-electron chi connectivity index (χ4n) is 3.21. The Bertz CT molecular complexity index is 1260. The van der Waals surface area contributed by atoms with E-state index in [4.69, 9.17) is 14.2 Å². The maximum atomic E-state index is 13.1. The van der Waals surface area contributed by atoms with Gasteiger partial charge < -0.3 is 19.5 Å². The van der Waals surface area contributed by atoms with Crippen LogP contribution >= 0.6 is 0 Å². The number of hydrogen-bond acceptors (Lipinski definition) is 6. The molecule has 0 heterocycles. The molecular formula is C24H26N2O6S. The predicted molar refractivity (Wildman–Crippen MR) is 127 cm³/mol. The molecule has 8 nitrogen and oxygen atoms in total. The summed E-state index contributed by atoms with van der Waals surface area (Å²) in [5.74, 6) is 0.951. The lowest BCUT2D eigenvalue weighted by Crippen LogP contribution is -2.26. The summed E-state index contributed by atoms with van der Waals surface area (Å²) < 4.78 is 43.0. The van der Waals surface area contributed by atoms with Crippen molar-refractivity contribution in [3.8, 4) is 17.2 Å². The number of anilines is 2. The Morgan fingerprint density at radius 1 is 0.818 bits per heavy atom. The van der Waals surface area contributed by atoms with Crippen molar-refractivity contribution in [1.82, 2.24) is 0 Å². The van der Waals surface area contributed by atoms with E-state index >= 15 is 0 Å². The number of aryl methyl sites for hydroxylation is 1. The van der Waals surface area contributed by atoms with E-state index in [9.17, 15) is 13.2 Å². The number of nitrogens with zero attached hydrogens (tertiary/aromatic N) is 1. The second-order valence-electron chi connectivity index (χ2n) is 7.19. The fraction of sp³-hybridized carbons (Fsp3) is 0.208. The van der Waals surface area contributed by atoms with E-state index in [0.717, 1.165) is 9.87 Å². The van der Waals surface area contributed by atoms with Gasteiger partial charge in [0.05, 0.1) is 37.6 Å². The summed E-state index contributed by atoms with van der Waals surface area (Å²) in [6.07, 6.45) is 0. The van der Waals surface area contributed by atoms with Crippen molar-refractivity contribution < 1.29 is 27.4 Å². The summed E-state index contributed by atoms with van der Waals surface area (Å²) >= 11 is 0. The third-order valence-corrected chi connectivity index (χ3v) is 6.89. The number of sulfonamides is 1. The van der Waals surface area contributed by atoms with E-state index in [1.165, 1.54) is 46.6 Å². The summed E-state index contributed by atoms with van der Waals surface area (Å²) in [5.41, 5.74) is 2.30. The third kappa shape index (κ3) is 5.04. The average Bonchev–Trinajstić information content (AvgIpc) is 2.83. The first kappa shape index (κ1) is 23.9. The molecule has 0 radical (unpaired) electrons. The van der Waals surface area contributed by atoms with Crippen LogP contribution in [0.5, 0.6) is 17.2 Å². The van der Waals surface area contributed by atoms with E-state index in [-0.39, 0.29) is 10.8 Å². The van der Waals surface area contributed by atoms with Crippen molar-refractivity contribution in [3.63, 3.8) is 0 Å². The van der Waals surface area contributed by atoms with Crippen molar-refractivity contribution in [3.05, 3.63) is 71.8 Å². The molecule has 0 aromatic heterocycles. The van der Waals surface area contributed by atoms with E-state index in [0.29, 0.717) is 34.2 Å². The van der Waals surface area contributed by atoms with Crippen LogP contribution in [0.15, 0.2) is 65.6 Å². The molecule has 174 valence electrons. The van der Waals surface area contributed by atoms with Crippen LogP contribution in [-0.4, -0.2) is 42.7 Å². The zero-order chi connectivity index (χ0) is 24.2.